The van der Waals surface area contributed by atoms with E-state index < -0.39 is 23.5 Å². The van der Waals surface area contributed by atoms with Crippen LogP contribution in [-0.2, 0) is 9.59 Å². The average Bonchev–Trinajstić information content (AvgIpc) is 2.81. The summed E-state index contributed by atoms with van der Waals surface area (Å²) in [6, 6.07) is 5.42. The molecule has 1 aromatic rings. The first-order valence-corrected chi connectivity index (χ1v) is 8.04. The van der Waals surface area contributed by atoms with Crippen molar-refractivity contribution in [1.29, 1.82) is 0 Å². The van der Waals surface area contributed by atoms with E-state index in [0.717, 1.165) is 32.1 Å². The molecule has 0 radical (unpaired) electrons. The van der Waals surface area contributed by atoms with E-state index in [1.165, 1.54) is 24.0 Å². The molecule has 1 aromatic carbocycles. The Morgan fingerprint density at radius 3 is 2.48 bits per heavy atom. The first-order valence-electron chi connectivity index (χ1n) is 8.04. The summed E-state index contributed by atoms with van der Waals surface area (Å²) in [5, 5.41) is 10.2. The third-order valence-electron chi connectivity index (χ3n) is 4.84. The number of halogens is 1. The molecule has 1 fully saturated rings. The molecular formula is C18H20FNO3. The number of carbonyl (C=O) groups is 2. The Morgan fingerprint density at radius 1 is 1.22 bits per heavy atom. The van der Waals surface area contributed by atoms with Crippen LogP contribution < -0.4 is 4.90 Å². The van der Waals surface area contributed by atoms with Crippen molar-refractivity contribution in [3.05, 3.63) is 41.4 Å². The predicted molar refractivity (Wildman–Crippen MR) is 84.6 cm³/mol. The molecule has 5 heteroatoms. The number of ketones is 1. The molecule has 1 saturated carbocycles. The van der Waals surface area contributed by atoms with E-state index >= 15 is 0 Å². The molecule has 1 amide bonds. The van der Waals surface area contributed by atoms with E-state index in [4.69, 9.17) is 0 Å². The Hall–Kier alpha value is -2.17. The van der Waals surface area contributed by atoms with Crippen LogP contribution >= 0.6 is 0 Å². The van der Waals surface area contributed by atoms with Crippen LogP contribution in [0.1, 0.15) is 39.0 Å². The first-order chi connectivity index (χ1) is 11.0. The molecule has 1 atom stereocenters. The van der Waals surface area contributed by atoms with Crippen molar-refractivity contribution in [1.82, 2.24) is 0 Å². The van der Waals surface area contributed by atoms with Gasteiger partial charge in [-0.3, -0.25) is 14.5 Å². The van der Waals surface area contributed by atoms with Gasteiger partial charge in [-0.2, -0.15) is 0 Å². The first kappa shape index (κ1) is 15.7. The minimum atomic E-state index is -0.684. The molecule has 0 saturated heterocycles. The Balaban J connectivity index is 2.08. The highest BCUT2D eigenvalue weighted by Gasteiger charge is 2.46. The molecule has 2 aliphatic rings. The minimum absolute atomic E-state index is 0.0656. The van der Waals surface area contributed by atoms with Crippen molar-refractivity contribution in [2.45, 2.75) is 45.1 Å². The zero-order chi connectivity index (χ0) is 16.6. The number of aliphatic hydroxyl groups excluding tert-OH is 1. The predicted octanol–water partition coefficient (Wildman–Crippen LogP) is 3.52. The fourth-order valence-corrected chi connectivity index (χ4v) is 3.80. The fourth-order valence-electron chi connectivity index (χ4n) is 3.80. The quantitative estimate of drug-likeness (QED) is 0.928. The number of benzene rings is 1. The summed E-state index contributed by atoms with van der Waals surface area (Å²) >= 11 is 0. The van der Waals surface area contributed by atoms with Crippen LogP contribution in [0.3, 0.4) is 0 Å². The van der Waals surface area contributed by atoms with Crippen LogP contribution in [0, 0.1) is 11.7 Å². The van der Waals surface area contributed by atoms with E-state index in [2.05, 4.69) is 0 Å². The maximum Gasteiger partial charge on any atom is 0.294 e. The van der Waals surface area contributed by atoms with Crippen molar-refractivity contribution in [3.63, 3.8) is 0 Å². The Morgan fingerprint density at radius 2 is 1.87 bits per heavy atom. The minimum Gasteiger partial charge on any atom is -0.503 e. The normalized spacial score (nSPS) is 22.8. The highest BCUT2D eigenvalue weighted by Crippen LogP contribution is 2.40. The van der Waals surface area contributed by atoms with Crippen molar-refractivity contribution in [2.24, 2.45) is 5.92 Å². The second-order valence-corrected chi connectivity index (χ2v) is 6.29. The van der Waals surface area contributed by atoms with E-state index in [0.29, 0.717) is 0 Å². The van der Waals surface area contributed by atoms with E-state index in [-0.39, 0.29) is 23.0 Å². The number of aliphatic hydroxyl groups is 1. The van der Waals surface area contributed by atoms with Gasteiger partial charge in [0.2, 0.25) is 0 Å². The number of hydrogen-bond donors (Lipinski definition) is 1. The zero-order valence-electron chi connectivity index (χ0n) is 13.1. The molecule has 122 valence electrons. The van der Waals surface area contributed by atoms with Gasteiger partial charge >= 0.3 is 0 Å². The number of Topliss-reactive ketones (excluding diaryl/α,β-unsaturated/α-hetero) is 1. The topological polar surface area (TPSA) is 57.6 Å². The summed E-state index contributed by atoms with van der Waals surface area (Å²) in [6.45, 7) is 1.35. The number of amides is 1. The third-order valence-corrected chi connectivity index (χ3v) is 4.84. The van der Waals surface area contributed by atoms with E-state index in [1.54, 1.807) is 12.1 Å². The standard InChI is InChI=1S/C18H20FNO3/c1-11(21)15-16(12-7-3-2-4-8-12)20(18(23)17(15)22)14-10-6-5-9-13(14)19/h5-6,9-10,12,16,22H,2-4,7-8H2,1H3/t16-/m1/s1. The van der Waals surface area contributed by atoms with Crippen LogP contribution in [0.5, 0.6) is 0 Å². The number of nitrogens with zero attached hydrogens (tertiary/aromatic N) is 1. The second-order valence-electron chi connectivity index (χ2n) is 6.29. The van der Waals surface area contributed by atoms with Gasteiger partial charge in [0.1, 0.15) is 5.82 Å². The highest BCUT2D eigenvalue weighted by atomic mass is 19.1. The van der Waals surface area contributed by atoms with Crippen LogP contribution in [0.15, 0.2) is 35.6 Å². The molecule has 0 spiro atoms. The Kier molecular flexibility index (Phi) is 4.20. The van der Waals surface area contributed by atoms with Crippen LogP contribution in [0.2, 0.25) is 0 Å². The molecule has 3 rings (SSSR count). The maximum absolute atomic E-state index is 14.2. The van der Waals surface area contributed by atoms with Crippen molar-refractivity contribution >= 4 is 17.4 Å². The number of para-hydroxylation sites is 1. The van der Waals surface area contributed by atoms with Crippen LogP contribution in [0.25, 0.3) is 0 Å². The fraction of sp³-hybridized carbons (Fsp3) is 0.444. The SMILES string of the molecule is CC(=O)C1=C(O)C(=O)N(c2ccccc2F)[C@@H]1C1CCCCC1. The van der Waals surface area contributed by atoms with Gasteiger partial charge in [-0.25, -0.2) is 4.39 Å². The molecule has 0 bridgehead atoms. The average molecular weight is 317 g/mol. The van der Waals surface area contributed by atoms with Crippen molar-refractivity contribution in [2.75, 3.05) is 4.90 Å². The van der Waals surface area contributed by atoms with Gasteiger partial charge in [0.15, 0.2) is 11.5 Å². The highest BCUT2D eigenvalue weighted by molar-refractivity contribution is 6.16. The Labute approximate surface area is 134 Å². The summed E-state index contributed by atoms with van der Waals surface area (Å²) in [5.74, 6) is -2.01. The monoisotopic (exact) mass is 317 g/mol. The number of hydrogen-bond acceptors (Lipinski definition) is 3. The lowest BCUT2D eigenvalue weighted by Gasteiger charge is -2.35. The summed E-state index contributed by atoms with van der Waals surface area (Å²) in [5.41, 5.74) is 0.251. The number of rotatable bonds is 3. The molecule has 0 aromatic heterocycles. The van der Waals surface area contributed by atoms with Gasteiger partial charge in [-0.15, -0.1) is 0 Å². The van der Waals surface area contributed by atoms with Gasteiger partial charge in [-0.1, -0.05) is 31.4 Å². The van der Waals surface area contributed by atoms with Gasteiger partial charge in [0.05, 0.1) is 17.3 Å². The lowest BCUT2D eigenvalue weighted by Crippen LogP contribution is -2.43. The second kappa shape index (κ2) is 6.14. The maximum atomic E-state index is 14.2. The summed E-state index contributed by atoms with van der Waals surface area (Å²) in [6.07, 6.45) is 4.90. The van der Waals surface area contributed by atoms with Gasteiger partial charge in [0, 0.05) is 0 Å². The summed E-state index contributed by atoms with van der Waals surface area (Å²) in [7, 11) is 0. The van der Waals surface area contributed by atoms with Crippen LogP contribution in [0.4, 0.5) is 10.1 Å². The smallest absolute Gasteiger partial charge is 0.294 e. The third kappa shape index (κ3) is 2.64. The molecule has 1 aliphatic carbocycles. The molecular weight excluding hydrogens is 297 g/mol. The van der Waals surface area contributed by atoms with Crippen LogP contribution in [-0.4, -0.2) is 22.8 Å². The molecule has 1 heterocycles. The molecule has 0 unspecified atom stereocenters. The largest absolute Gasteiger partial charge is 0.503 e. The molecule has 23 heavy (non-hydrogen) atoms. The Bertz CT molecular complexity index is 677. The lowest BCUT2D eigenvalue weighted by molar-refractivity contribution is -0.117. The van der Waals surface area contributed by atoms with E-state index in [9.17, 15) is 19.1 Å². The molecule has 1 aliphatic heterocycles. The summed E-state index contributed by atoms with van der Waals surface area (Å²) < 4.78 is 14.2. The van der Waals surface area contributed by atoms with Gasteiger partial charge in [-0.05, 0) is 37.8 Å². The number of anilines is 1. The number of carbonyl (C=O) groups excluding carboxylic acids is 2. The zero-order valence-corrected chi connectivity index (χ0v) is 13.1. The van der Waals surface area contributed by atoms with Gasteiger partial charge < -0.3 is 5.11 Å². The van der Waals surface area contributed by atoms with E-state index in [1.807, 2.05) is 0 Å². The molecule has 4 nitrogen and oxygen atoms in total. The van der Waals surface area contributed by atoms with Crippen molar-refractivity contribution in [3.8, 4) is 0 Å². The summed E-state index contributed by atoms with van der Waals surface area (Å²) in [4.78, 5) is 25.8. The van der Waals surface area contributed by atoms with Crippen molar-refractivity contribution < 1.29 is 19.1 Å². The molecule has 1 N–H and O–H groups in total. The lowest BCUT2D eigenvalue weighted by atomic mass is 9.80. The van der Waals surface area contributed by atoms with Gasteiger partial charge in [0.25, 0.3) is 5.91 Å².